The Labute approximate surface area is 122 Å². The van der Waals surface area contributed by atoms with Gasteiger partial charge in [-0.3, -0.25) is 14.9 Å². The second-order valence-corrected chi connectivity index (χ2v) is 4.91. The van der Waals surface area contributed by atoms with Crippen LogP contribution in [-0.4, -0.2) is 25.5 Å². The van der Waals surface area contributed by atoms with Gasteiger partial charge in [0.15, 0.2) is 5.75 Å². The lowest BCUT2D eigenvalue weighted by Gasteiger charge is -2.16. The molecule has 1 heterocycles. The van der Waals surface area contributed by atoms with Gasteiger partial charge in [-0.25, -0.2) is 0 Å². The normalized spacial score (nSPS) is 13.2. The highest BCUT2D eigenvalue weighted by atomic mass is 16.5. The maximum atomic E-state index is 12.1. The predicted octanol–water partition coefficient (Wildman–Crippen LogP) is 2.55. The molecule has 0 spiro atoms. The van der Waals surface area contributed by atoms with E-state index in [1.54, 1.807) is 7.11 Å². The molecule has 0 aliphatic carbocycles. The van der Waals surface area contributed by atoms with E-state index >= 15 is 0 Å². The zero-order valence-corrected chi connectivity index (χ0v) is 11.9. The lowest BCUT2D eigenvalue weighted by Crippen LogP contribution is -2.20. The first-order chi connectivity index (χ1) is 10.2. The SMILES string of the molecule is CCCNc1c2c(c3ccccc3c1OC)C(=O)NC2=O. The van der Waals surface area contributed by atoms with Crippen molar-refractivity contribution >= 4 is 28.3 Å². The van der Waals surface area contributed by atoms with Crippen LogP contribution < -0.4 is 15.4 Å². The van der Waals surface area contributed by atoms with Crippen LogP contribution in [0.2, 0.25) is 0 Å². The third-order valence-corrected chi connectivity index (χ3v) is 3.61. The number of ether oxygens (including phenoxy) is 1. The highest BCUT2D eigenvalue weighted by Gasteiger charge is 2.34. The number of carbonyl (C=O) groups is 2. The van der Waals surface area contributed by atoms with Gasteiger partial charge in [-0.15, -0.1) is 0 Å². The summed E-state index contributed by atoms with van der Waals surface area (Å²) in [5, 5.41) is 7.14. The van der Waals surface area contributed by atoms with Gasteiger partial charge in [-0.05, 0) is 11.8 Å². The molecule has 3 rings (SSSR count). The number of hydrogen-bond acceptors (Lipinski definition) is 4. The van der Waals surface area contributed by atoms with Crippen LogP contribution in [-0.2, 0) is 0 Å². The molecule has 0 bridgehead atoms. The number of rotatable bonds is 4. The summed E-state index contributed by atoms with van der Waals surface area (Å²) in [6.45, 7) is 2.73. The van der Waals surface area contributed by atoms with E-state index in [4.69, 9.17) is 4.74 Å². The molecule has 0 saturated heterocycles. The number of anilines is 1. The summed E-state index contributed by atoms with van der Waals surface area (Å²) in [4.78, 5) is 24.3. The largest absolute Gasteiger partial charge is 0.494 e. The smallest absolute Gasteiger partial charge is 0.261 e. The van der Waals surface area contributed by atoms with Gasteiger partial charge in [0.05, 0.1) is 23.9 Å². The Bertz CT molecular complexity index is 753. The second-order valence-electron chi connectivity index (χ2n) is 4.91. The third-order valence-electron chi connectivity index (χ3n) is 3.61. The lowest BCUT2D eigenvalue weighted by atomic mass is 9.97. The number of fused-ring (bicyclic) bond motifs is 3. The van der Waals surface area contributed by atoms with Gasteiger partial charge in [-0.2, -0.15) is 0 Å². The van der Waals surface area contributed by atoms with Crippen molar-refractivity contribution in [3.63, 3.8) is 0 Å². The molecule has 2 N–H and O–H groups in total. The second kappa shape index (κ2) is 5.09. The number of amides is 2. The van der Waals surface area contributed by atoms with Crippen LogP contribution in [0.5, 0.6) is 5.75 Å². The summed E-state index contributed by atoms with van der Waals surface area (Å²) in [5.41, 5.74) is 1.40. The first-order valence-electron chi connectivity index (χ1n) is 6.91. The topological polar surface area (TPSA) is 67.4 Å². The molecule has 0 fully saturated rings. The number of nitrogens with one attached hydrogen (secondary N) is 2. The van der Waals surface area contributed by atoms with Crippen molar-refractivity contribution in [3.8, 4) is 5.75 Å². The third kappa shape index (κ3) is 1.93. The predicted molar refractivity (Wildman–Crippen MR) is 81.1 cm³/mol. The Hall–Kier alpha value is -2.56. The number of methoxy groups -OCH3 is 1. The zero-order chi connectivity index (χ0) is 15.0. The number of carbonyl (C=O) groups excluding carboxylic acids is 2. The van der Waals surface area contributed by atoms with E-state index in [2.05, 4.69) is 10.6 Å². The molecule has 0 atom stereocenters. The van der Waals surface area contributed by atoms with Crippen molar-refractivity contribution in [1.82, 2.24) is 5.32 Å². The van der Waals surface area contributed by atoms with E-state index < -0.39 is 0 Å². The first kappa shape index (κ1) is 13.4. The maximum Gasteiger partial charge on any atom is 0.261 e. The summed E-state index contributed by atoms with van der Waals surface area (Å²) in [6, 6.07) is 7.45. The van der Waals surface area contributed by atoms with Crippen LogP contribution in [0.1, 0.15) is 34.1 Å². The van der Waals surface area contributed by atoms with Gasteiger partial charge in [0.2, 0.25) is 0 Å². The standard InChI is InChI=1S/C16H16N2O3/c1-3-8-17-13-12-11(15(19)18-16(12)20)9-6-4-5-7-10(9)14(13)21-2/h4-7,17H,3,8H2,1-2H3,(H,18,19,20). The minimum absolute atomic E-state index is 0.353. The van der Waals surface area contributed by atoms with Crippen LogP contribution in [0.4, 0.5) is 5.69 Å². The first-order valence-corrected chi connectivity index (χ1v) is 6.91. The van der Waals surface area contributed by atoms with Gasteiger partial charge in [0.25, 0.3) is 11.8 Å². The van der Waals surface area contributed by atoms with Crippen molar-refractivity contribution in [2.75, 3.05) is 19.0 Å². The minimum Gasteiger partial charge on any atom is -0.494 e. The average Bonchev–Trinajstić information content (AvgIpc) is 2.79. The van der Waals surface area contributed by atoms with E-state index in [1.165, 1.54) is 0 Å². The van der Waals surface area contributed by atoms with E-state index in [1.807, 2.05) is 31.2 Å². The molecule has 0 radical (unpaired) electrons. The van der Waals surface area contributed by atoms with Gasteiger partial charge in [-0.1, -0.05) is 31.2 Å². The fraction of sp³-hybridized carbons (Fsp3) is 0.250. The van der Waals surface area contributed by atoms with Crippen LogP contribution in [0, 0.1) is 0 Å². The van der Waals surface area contributed by atoms with E-state index in [-0.39, 0.29) is 11.8 Å². The molecule has 1 aliphatic rings. The van der Waals surface area contributed by atoms with Crippen LogP contribution >= 0.6 is 0 Å². The summed E-state index contributed by atoms with van der Waals surface area (Å²) in [5.74, 6) is -0.131. The van der Waals surface area contributed by atoms with E-state index in [0.717, 1.165) is 17.2 Å². The summed E-state index contributed by atoms with van der Waals surface area (Å²) >= 11 is 0. The Morgan fingerprint density at radius 2 is 1.76 bits per heavy atom. The van der Waals surface area contributed by atoms with E-state index in [0.29, 0.717) is 29.1 Å². The molecule has 21 heavy (non-hydrogen) atoms. The van der Waals surface area contributed by atoms with Crippen LogP contribution in [0.15, 0.2) is 24.3 Å². The van der Waals surface area contributed by atoms with Crippen LogP contribution in [0.25, 0.3) is 10.8 Å². The molecule has 2 amide bonds. The van der Waals surface area contributed by atoms with Crippen molar-refractivity contribution in [1.29, 1.82) is 0 Å². The summed E-state index contributed by atoms with van der Waals surface area (Å²) in [6.07, 6.45) is 0.903. The molecular formula is C16H16N2O3. The molecule has 0 saturated carbocycles. The van der Waals surface area contributed by atoms with Gasteiger partial charge in [0.1, 0.15) is 0 Å². The molecular weight excluding hydrogens is 268 g/mol. The average molecular weight is 284 g/mol. The molecule has 2 aromatic carbocycles. The van der Waals surface area contributed by atoms with Crippen molar-refractivity contribution in [2.45, 2.75) is 13.3 Å². The Morgan fingerprint density at radius 3 is 2.43 bits per heavy atom. The molecule has 1 aliphatic heterocycles. The summed E-state index contributed by atoms with van der Waals surface area (Å²) in [7, 11) is 1.57. The Morgan fingerprint density at radius 1 is 1.10 bits per heavy atom. The Kier molecular flexibility index (Phi) is 3.25. The molecule has 108 valence electrons. The maximum absolute atomic E-state index is 12.1. The molecule has 2 aromatic rings. The minimum atomic E-state index is -0.377. The quantitative estimate of drug-likeness (QED) is 0.847. The monoisotopic (exact) mass is 284 g/mol. The zero-order valence-electron chi connectivity index (χ0n) is 11.9. The number of benzene rings is 2. The number of imide groups is 1. The molecule has 5 heteroatoms. The van der Waals surface area contributed by atoms with Gasteiger partial charge < -0.3 is 10.1 Å². The van der Waals surface area contributed by atoms with E-state index in [9.17, 15) is 9.59 Å². The van der Waals surface area contributed by atoms with Crippen molar-refractivity contribution in [3.05, 3.63) is 35.4 Å². The molecule has 5 nitrogen and oxygen atoms in total. The van der Waals surface area contributed by atoms with Crippen molar-refractivity contribution < 1.29 is 14.3 Å². The molecule has 0 aromatic heterocycles. The van der Waals surface area contributed by atoms with Crippen LogP contribution in [0.3, 0.4) is 0 Å². The fourth-order valence-electron chi connectivity index (χ4n) is 2.73. The van der Waals surface area contributed by atoms with Gasteiger partial charge >= 0.3 is 0 Å². The summed E-state index contributed by atoms with van der Waals surface area (Å²) < 4.78 is 5.51. The Balaban J connectivity index is 2.40. The number of hydrogen-bond donors (Lipinski definition) is 2. The highest BCUT2D eigenvalue weighted by Crippen LogP contribution is 2.41. The van der Waals surface area contributed by atoms with Crippen molar-refractivity contribution in [2.24, 2.45) is 0 Å². The fourth-order valence-corrected chi connectivity index (χ4v) is 2.73. The van der Waals surface area contributed by atoms with Gasteiger partial charge in [0, 0.05) is 11.9 Å². The lowest BCUT2D eigenvalue weighted by molar-refractivity contribution is 0.0880. The highest BCUT2D eigenvalue weighted by molar-refractivity contribution is 6.30. The molecule has 0 unspecified atom stereocenters.